The first-order chi connectivity index (χ1) is 12.5. The van der Waals surface area contributed by atoms with Gasteiger partial charge >= 0.3 is 0 Å². The molecule has 0 amide bonds. The van der Waals surface area contributed by atoms with Crippen LogP contribution >= 0.6 is 23.2 Å². The Morgan fingerprint density at radius 3 is 2.73 bits per heavy atom. The Balaban J connectivity index is 1.82. The molecule has 0 fully saturated rings. The molecule has 0 saturated heterocycles. The van der Waals surface area contributed by atoms with Crippen LogP contribution in [0.2, 0.25) is 10.0 Å². The average Bonchev–Trinajstić information content (AvgIpc) is 3.03. The number of hydrogen-bond donors (Lipinski definition) is 3. The highest BCUT2D eigenvalue weighted by atomic mass is 35.5. The van der Waals surface area contributed by atoms with E-state index in [4.69, 9.17) is 23.2 Å². The first-order valence-electron chi connectivity index (χ1n) is 8.01. The number of aliphatic hydroxyl groups is 1. The van der Waals surface area contributed by atoms with Crippen LogP contribution in [0.1, 0.15) is 11.4 Å². The van der Waals surface area contributed by atoms with Crippen molar-refractivity contribution >= 4 is 39.8 Å². The number of aliphatic hydroxyl groups excluding tert-OH is 1. The van der Waals surface area contributed by atoms with Crippen molar-refractivity contribution in [1.82, 2.24) is 9.97 Å². The summed E-state index contributed by atoms with van der Waals surface area (Å²) in [6, 6.07) is 15.0. The minimum absolute atomic E-state index is 0.0257. The van der Waals surface area contributed by atoms with E-state index in [0.29, 0.717) is 22.4 Å². The molecule has 2 aromatic carbocycles. The summed E-state index contributed by atoms with van der Waals surface area (Å²) in [6.07, 6.45) is 0. The largest absolute Gasteiger partial charge is 0.506 e. The van der Waals surface area contributed by atoms with Gasteiger partial charge in [-0.3, -0.25) is 0 Å². The highest BCUT2D eigenvalue weighted by Gasteiger charge is 2.17. The quantitative estimate of drug-likeness (QED) is 0.463. The van der Waals surface area contributed by atoms with Gasteiger partial charge in [-0.1, -0.05) is 47.5 Å². The van der Waals surface area contributed by atoms with Crippen molar-refractivity contribution < 1.29 is 10.0 Å². The summed E-state index contributed by atoms with van der Waals surface area (Å²) in [6.45, 7) is 0.811. The molecular formula is C19H17Cl2N4O+. The van der Waals surface area contributed by atoms with Gasteiger partial charge in [-0.05, 0) is 18.2 Å². The minimum atomic E-state index is -0.0257. The summed E-state index contributed by atoms with van der Waals surface area (Å²) in [7, 11) is 1.90. The predicted octanol–water partition coefficient (Wildman–Crippen LogP) is 3.38. The maximum absolute atomic E-state index is 10.5. The molecule has 0 bridgehead atoms. The van der Waals surface area contributed by atoms with Crippen molar-refractivity contribution in [2.45, 2.75) is 6.54 Å². The first-order valence-corrected chi connectivity index (χ1v) is 8.76. The number of hydrogen-bond acceptors (Lipinski definition) is 3. The van der Waals surface area contributed by atoms with Gasteiger partial charge < -0.3 is 15.0 Å². The number of likely N-dealkylation sites (N-methyl/N-ethyl adjacent to an activating group) is 1. The third-order valence-corrected chi connectivity index (χ3v) is 4.88. The fourth-order valence-corrected chi connectivity index (χ4v) is 3.16. The van der Waals surface area contributed by atoms with E-state index >= 15 is 0 Å². The standard InChI is InChI=1S/C19H16Cl2N4O/c1-25(10-12-5-4-6-14(20)18(12)21)11-17(26)13(9-22)19-23-15-7-2-3-8-16(15)24-19/h2-8,26H,10-11H2,1H3,(H,23,24)/p+1/b17-13-. The number of aromatic nitrogens is 2. The van der Waals surface area contributed by atoms with E-state index in [-0.39, 0.29) is 17.9 Å². The van der Waals surface area contributed by atoms with E-state index < -0.39 is 0 Å². The average molecular weight is 388 g/mol. The number of fused-ring (bicyclic) bond motifs is 1. The Morgan fingerprint density at radius 2 is 2.00 bits per heavy atom. The molecule has 7 heteroatoms. The molecule has 1 atom stereocenters. The molecule has 0 saturated carbocycles. The van der Waals surface area contributed by atoms with Gasteiger partial charge in [-0.25, -0.2) is 4.98 Å². The highest BCUT2D eigenvalue weighted by Crippen LogP contribution is 2.25. The van der Waals surface area contributed by atoms with Crippen LogP contribution in [0, 0.1) is 11.3 Å². The van der Waals surface area contributed by atoms with E-state index in [1.165, 1.54) is 0 Å². The number of imidazole rings is 1. The molecule has 3 N–H and O–H groups in total. The summed E-state index contributed by atoms with van der Waals surface area (Å²) in [5.74, 6) is 0.335. The van der Waals surface area contributed by atoms with Gasteiger partial charge in [-0.15, -0.1) is 0 Å². The minimum Gasteiger partial charge on any atom is -0.506 e. The summed E-state index contributed by atoms with van der Waals surface area (Å²) >= 11 is 12.3. The number of H-pyrrole nitrogens is 1. The molecule has 5 nitrogen and oxygen atoms in total. The van der Waals surface area contributed by atoms with Crippen molar-refractivity contribution in [3.05, 3.63) is 69.7 Å². The molecule has 26 heavy (non-hydrogen) atoms. The number of rotatable bonds is 5. The van der Waals surface area contributed by atoms with Crippen LogP contribution in [0.15, 0.2) is 48.2 Å². The molecule has 0 aliphatic rings. The van der Waals surface area contributed by atoms with Crippen LogP contribution < -0.4 is 4.90 Å². The molecule has 1 unspecified atom stereocenters. The summed E-state index contributed by atoms with van der Waals surface area (Å²) < 4.78 is 0. The van der Waals surface area contributed by atoms with Crippen LogP contribution in [0.5, 0.6) is 0 Å². The third kappa shape index (κ3) is 3.83. The van der Waals surface area contributed by atoms with Crippen LogP contribution in [-0.4, -0.2) is 28.7 Å². The smallest absolute Gasteiger partial charge is 0.169 e. The normalized spacial score (nSPS) is 13.3. The molecule has 1 aromatic heterocycles. The van der Waals surface area contributed by atoms with Crippen molar-refractivity contribution in [2.75, 3.05) is 13.6 Å². The van der Waals surface area contributed by atoms with E-state index in [2.05, 4.69) is 9.97 Å². The Morgan fingerprint density at radius 1 is 1.23 bits per heavy atom. The van der Waals surface area contributed by atoms with E-state index in [1.807, 2.05) is 49.5 Å². The zero-order valence-electron chi connectivity index (χ0n) is 14.1. The SMILES string of the molecule is C[NH+](C/C(O)=C(\C#N)c1nc2ccccc2[nH]1)Cc1cccc(Cl)c1Cl. The lowest BCUT2D eigenvalue weighted by Gasteiger charge is -2.15. The van der Waals surface area contributed by atoms with Crippen molar-refractivity contribution in [3.63, 3.8) is 0 Å². The van der Waals surface area contributed by atoms with Crippen LogP contribution in [0.4, 0.5) is 0 Å². The number of benzene rings is 2. The highest BCUT2D eigenvalue weighted by molar-refractivity contribution is 6.42. The molecule has 0 aliphatic heterocycles. The molecule has 3 aromatic rings. The second-order valence-corrected chi connectivity index (χ2v) is 6.84. The number of nitrogens with zero attached hydrogens (tertiary/aromatic N) is 2. The Labute approximate surface area is 161 Å². The van der Waals surface area contributed by atoms with Gasteiger partial charge in [0.15, 0.2) is 11.6 Å². The van der Waals surface area contributed by atoms with Gasteiger partial charge in [0, 0.05) is 5.56 Å². The Kier molecular flexibility index (Phi) is 5.48. The lowest BCUT2D eigenvalue weighted by Crippen LogP contribution is -3.07. The van der Waals surface area contributed by atoms with Gasteiger partial charge in [-0.2, -0.15) is 5.26 Å². The molecule has 0 spiro atoms. The fourth-order valence-electron chi connectivity index (χ4n) is 2.77. The third-order valence-electron chi connectivity index (χ3n) is 4.02. The number of para-hydroxylation sites is 2. The summed E-state index contributed by atoms with van der Waals surface area (Å²) in [4.78, 5) is 8.40. The number of aromatic amines is 1. The summed E-state index contributed by atoms with van der Waals surface area (Å²) in [5, 5.41) is 21.0. The topological polar surface area (TPSA) is 77.1 Å². The molecule has 1 heterocycles. The first kappa shape index (κ1) is 18.3. The number of nitrogens with one attached hydrogen (secondary N) is 2. The molecular weight excluding hydrogens is 371 g/mol. The lowest BCUT2D eigenvalue weighted by molar-refractivity contribution is -0.890. The fraction of sp³-hybridized carbons (Fsp3) is 0.158. The van der Waals surface area contributed by atoms with Gasteiger partial charge in [0.1, 0.15) is 24.7 Å². The molecule has 3 rings (SSSR count). The molecule has 0 aliphatic carbocycles. The maximum atomic E-state index is 10.5. The second-order valence-electron chi connectivity index (χ2n) is 6.06. The van der Waals surface area contributed by atoms with Crippen LogP contribution in [0.25, 0.3) is 16.6 Å². The van der Waals surface area contributed by atoms with Crippen molar-refractivity contribution in [3.8, 4) is 6.07 Å². The van der Waals surface area contributed by atoms with Gasteiger partial charge in [0.05, 0.1) is 28.1 Å². The zero-order chi connectivity index (χ0) is 18.7. The Hall–Kier alpha value is -2.52. The number of nitriles is 1. The van der Waals surface area contributed by atoms with Crippen LogP contribution in [-0.2, 0) is 6.54 Å². The van der Waals surface area contributed by atoms with Gasteiger partial charge in [0.2, 0.25) is 0 Å². The second kappa shape index (κ2) is 7.79. The van der Waals surface area contributed by atoms with Gasteiger partial charge in [0.25, 0.3) is 0 Å². The number of quaternary nitrogens is 1. The van der Waals surface area contributed by atoms with Crippen molar-refractivity contribution in [2.24, 2.45) is 0 Å². The van der Waals surface area contributed by atoms with E-state index in [1.54, 1.807) is 6.07 Å². The predicted molar refractivity (Wildman–Crippen MR) is 103 cm³/mol. The van der Waals surface area contributed by atoms with E-state index in [0.717, 1.165) is 21.5 Å². The monoisotopic (exact) mass is 387 g/mol. The summed E-state index contributed by atoms with van der Waals surface area (Å²) in [5.41, 5.74) is 2.58. The van der Waals surface area contributed by atoms with Crippen LogP contribution in [0.3, 0.4) is 0 Å². The molecule has 0 radical (unpaired) electrons. The number of allylic oxidation sites excluding steroid dienone is 1. The lowest BCUT2D eigenvalue weighted by atomic mass is 10.2. The zero-order valence-corrected chi connectivity index (χ0v) is 15.6. The number of halogens is 2. The Bertz CT molecular complexity index is 987. The molecule has 132 valence electrons. The van der Waals surface area contributed by atoms with E-state index in [9.17, 15) is 10.4 Å². The maximum Gasteiger partial charge on any atom is 0.169 e. The van der Waals surface area contributed by atoms with Crippen molar-refractivity contribution in [1.29, 1.82) is 5.26 Å².